The Morgan fingerprint density at radius 3 is 2.60 bits per heavy atom. The van der Waals surface area contributed by atoms with Crippen molar-refractivity contribution in [3.8, 4) is 0 Å². The van der Waals surface area contributed by atoms with Crippen LogP contribution in [0.25, 0.3) is 0 Å². The SMILES string of the molecule is CF.NC(=O)c1cn[nH]c1. The number of aromatic amines is 1. The standard InChI is InChI=1S/C4H5N3O.CH3F/c5-4(8)3-1-6-7-2-3;1-2/h1-2H,(H2,5,8)(H,6,7);1H3. The summed E-state index contributed by atoms with van der Waals surface area (Å²) in [5, 5.41) is 5.98. The summed E-state index contributed by atoms with van der Waals surface area (Å²) in [5.41, 5.74) is 5.27. The molecule has 1 aromatic heterocycles. The molecule has 1 amide bonds. The topological polar surface area (TPSA) is 71.8 Å². The summed E-state index contributed by atoms with van der Waals surface area (Å²) in [6.07, 6.45) is 2.82. The van der Waals surface area contributed by atoms with E-state index in [0.717, 1.165) is 0 Å². The van der Waals surface area contributed by atoms with Crippen LogP contribution in [-0.2, 0) is 0 Å². The van der Waals surface area contributed by atoms with Crippen molar-refractivity contribution < 1.29 is 9.18 Å². The maximum Gasteiger partial charge on any atom is 0.251 e. The zero-order valence-electron chi connectivity index (χ0n) is 5.47. The van der Waals surface area contributed by atoms with Crippen molar-refractivity contribution in [2.45, 2.75) is 0 Å². The van der Waals surface area contributed by atoms with Gasteiger partial charge in [-0.25, -0.2) is 0 Å². The molecule has 0 atom stereocenters. The van der Waals surface area contributed by atoms with E-state index < -0.39 is 5.91 Å². The summed E-state index contributed by atoms with van der Waals surface area (Å²) in [5.74, 6) is -0.459. The van der Waals surface area contributed by atoms with E-state index in [0.29, 0.717) is 12.7 Å². The number of nitrogens with two attached hydrogens (primary N) is 1. The van der Waals surface area contributed by atoms with Crippen LogP contribution in [0.1, 0.15) is 10.4 Å². The van der Waals surface area contributed by atoms with E-state index in [1.165, 1.54) is 12.4 Å². The van der Waals surface area contributed by atoms with Crippen LogP contribution in [0, 0.1) is 0 Å². The van der Waals surface area contributed by atoms with Crippen LogP contribution in [0.3, 0.4) is 0 Å². The normalized spacial score (nSPS) is 7.80. The molecular formula is C5H8FN3O. The van der Waals surface area contributed by atoms with Crippen LogP contribution in [0.2, 0.25) is 0 Å². The first-order valence-electron chi connectivity index (χ1n) is 2.47. The highest BCUT2D eigenvalue weighted by atomic mass is 19.1. The van der Waals surface area contributed by atoms with Crippen molar-refractivity contribution in [2.24, 2.45) is 5.73 Å². The highest BCUT2D eigenvalue weighted by Gasteiger charge is 1.96. The number of rotatable bonds is 1. The van der Waals surface area contributed by atoms with Crippen molar-refractivity contribution in [3.63, 3.8) is 0 Å². The quantitative estimate of drug-likeness (QED) is 0.588. The fourth-order valence-corrected chi connectivity index (χ4v) is 0.386. The fourth-order valence-electron chi connectivity index (χ4n) is 0.386. The molecule has 0 unspecified atom stereocenters. The summed E-state index contributed by atoms with van der Waals surface area (Å²) in [7, 11) is 0.500. The number of halogens is 1. The van der Waals surface area contributed by atoms with Gasteiger partial charge in [-0.05, 0) is 0 Å². The van der Waals surface area contributed by atoms with Gasteiger partial charge in [-0.15, -0.1) is 0 Å². The number of nitrogens with one attached hydrogen (secondary N) is 1. The third kappa shape index (κ3) is 2.25. The summed E-state index contributed by atoms with van der Waals surface area (Å²) in [6, 6.07) is 0. The number of H-pyrrole nitrogens is 1. The molecule has 0 aliphatic carbocycles. The predicted molar refractivity (Wildman–Crippen MR) is 34.1 cm³/mol. The molecule has 0 aliphatic heterocycles. The van der Waals surface area contributed by atoms with E-state index in [2.05, 4.69) is 10.2 Å². The Kier molecular flexibility index (Phi) is 3.86. The Labute approximate surface area is 57.2 Å². The van der Waals surface area contributed by atoms with Gasteiger partial charge in [0.05, 0.1) is 18.9 Å². The Morgan fingerprint density at radius 1 is 1.80 bits per heavy atom. The van der Waals surface area contributed by atoms with Gasteiger partial charge in [0.15, 0.2) is 0 Å². The van der Waals surface area contributed by atoms with E-state index in [4.69, 9.17) is 5.73 Å². The smallest absolute Gasteiger partial charge is 0.251 e. The minimum Gasteiger partial charge on any atom is -0.366 e. The third-order valence-electron chi connectivity index (χ3n) is 0.783. The second-order valence-corrected chi connectivity index (χ2v) is 1.35. The molecule has 0 saturated carbocycles. The molecule has 1 heterocycles. The molecule has 0 bridgehead atoms. The van der Waals surface area contributed by atoms with Crippen LogP contribution >= 0.6 is 0 Å². The Morgan fingerprint density at radius 2 is 2.40 bits per heavy atom. The largest absolute Gasteiger partial charge is 0.366 e. The fraction of sp³-hybridized carbons (Fsp3) is 0.200. The second kappa shape index (κ2) is 4.49. The van der Waals surface area contributed by atoms with Crippen molar-refractivity contribution in [3.05, 3.63) is 18.0 Å². The average molecular weight is 145 g/mol. The predicted octanol–water partition coefficient (Wildman–Crippen LogP) is 0.0943. The lowest BCUT2D eigenvalue weighted by atomic mass is 10.4. The van der Waals surface area contributed by atoms with Gasteiger partial charge in [-0.1, -0.05) is 0 Å². The lowest BCUT2D eigenvalue weighted by Crippen LogP contribution is -2.09. The number of aromatic nitrogens is 2. The highest BCUT2D eigenvalue weighted by Crippen LogP contribution is 1.88. The first-order chi connectivity index (χ1) is 4.80. The molecule has 0 radical (unpaired) electrons. The minimum absolute atomic E-state index is 0.407. The number of nitrogens with zero attached hydrogens (tertiary/aromatic N) is 1. The Hall–Kier alpha value is -1.39. The van der Waals surface area contributed by atoms with Gasteiger partial charge in [0.2, 0.25) is 0 Å². The van der Waals surface area contributed by atoms with Gasteiger partial charge in [-0.2, -0.15) is 5.10 Å². The molecular weight excluding hydrogens is 137 g/mol. The second-order valence-electron chi connectivity index (χ2n) is 1.35. The summed E-state index contributed by atoms with van der Waals surface area (Å²) >= 11 is 0. The Balaban J connectivity index is 0.000000371. The molecule has 0 aromatic carbocycles. The van der Waals surface area contributed by atoms with Crippen LogP contribution < -0.4 is 5.73 Å². The zero-order chi connectivity index (χ0) is 7.98. The molecule has 10 heavy (non-hydrogen) atoms. The molecule has 0 saturated heterocycles. The molecule has 5 heteroatoms. The Bertz CT molecular complexity index is 185. The lowest BCUT2D eigenvalue weighted by molar-refractivity contribution is 0.100. The van der Waals surface area contributed by atoms with Crippen molar-refractivity contribution in [2.75, 3.05) is 7.18 Å². The summed E-state index contributed by atoms with van der Waals surface area (Å²) in [6.45, 7) is 0. The summed E-state index contributed by atoms with van der Waals surface area (Å²) in [4.78, 5) is 10.2. The number of amides is 1. The van der Waals surface area contributed by atoms with Gasteiger partial charge >= 0.3 is 0 Å². The van der Waals surface area contributed by atoms with E-state index in [1.54, 1.807) is 0 Å². The minimum atomic E-state index is -0.459. The molecule has 56 valence electrons. The molecule has 4 nitrogen and oxygen atoms in total. The van der Waals surface area contributed by atoms with Crippen LogP contribution in [0.4, 0.5) is 4.39 Å². The first kappa shape index (κ1) is 8.61. The lowest BCUT2D eigenvalue weighted by Gasteiger charge is -1.78. The maximum atomic E-state index is 10.2. The van der Waals surface area contributed by atoms with E-state index in [-0.39, 0.29) is 0 Å². The molecule has 1 aromatic rings. The van der Waals surface area contributed by atoms with E-state index in [9.17, 15) is 9.18 Å². The zero-order valence-corrected chi connectivity index (χ0v) is 5.47. The molecule has 1 rings (SSSR count). The molecule has 3 N–H and O–H groups in total. The number of hydrogen-bond donors (Lipinski definition) is 2. The first-order valence-corrected chi connectivity index (χ1v) is 2.47. The van der Waals surface area contributed by atoms with Crippen LogP contribution in [0.15, 0.2) is 12.4 Å². The third-order valence-corrected chi connectivity index (χ3v) is 0.783. The van der Waals surface area contributed by atoms with E-state index in [1.807, 2.05) is 0 Å². The van der Waals surface area contributed by atoms with Crippen molar-refractivity contribution in [1.29, 1.82) is 0 Å². The van der Waals surface area contributed by atoms with Gasteiger partial charge in [0.1, 0.15) is 0 Å². The number of primary amides is 1. The number of alkyl halides is 1. The van der Waals surface area contributed by atoms with E-state index >= 15 is 0 Å². The number of hydrogen-bond acceptors (Lipinski definition) is 2. The molecule has 0 fully saturated rings. The van der Waals surface area contributed by atoms with Gasteiger partial charge in [-0.3, -0.25) is 14.3 Å². The van der Waals surface area contributed by atoms with Crippen molar-refractivity contribution >= 4 is 5.91 Å². The average Bonchev–Trinajstić information content (AvgIpc) is 2.42. The monoisotopic (exact) mass is 145 g/mol. The highest BCUT2D eigenvalue weighted by molar-refractivity contribution is 5.92. The number of carbonyl (C=O) groups excluding carboxylic acids is 1. The van der Waals surface area contributed by atoms with Crippen molar-refractivity contribution in [1.82, 2.24) is 10.2 Å². The van der Waals surface area contributed by atoms with Gasteiger partial charge in [0.25, 0.3) is 5.91 Å². The summed E-state index contributed by atoms with van der Waals surface area (Å²) < 4.78 is 9.50. The number of carbonyl (C=O) groups is 1. The molecule has 0 aliphatic rings. The molecule has 0 spiro atoms. The van der Waals surface area contributed by atoms with Crippen LogP contribution in [0.5, 0.6) is 0 Å². The van der Waals surface area contributed by atoms with Gasteiger partial charge < -0.3 is 5.73 Å². The van der Waals surface area contributed by atoms with Crippen LogP contribution in [-0.4, -0.2) is 23.3 Å². The maximum absolute atomic E-state index is 10.2. The van der Waals surface area contributed by atoms with Gasteiger partial charge in [0, 0.05) is 6.20 Å².